The Morgan fingerprint density at radius 2 is 1.95 bits per heavy atom. The van der Waals surface area contributed by atoms with Gasteiger partial charge in [0.1, 0.15) is 0 Å². The second kappa shape index (κ2) is 6.29. The molecule has 0 aliphatic heterocycles. The minimum Gasteiger partial charge on any atom is -0.604 e. The van der Waals surface area contributed by atoms with Crippen LogP contribution in [-0.4, -0.2) is 22.5 Å². The molecule has 0 bridgehead atoms. The minimum absolute atomic E-state index is 0.0915. The average Bonchev–Trinajstić information content (AvgIpc) is 2.36. The van der Waals surface area contributed by atoms with Gasteiger partial charge in [-0.1, -0.05) is 6.92 Å². The molecule has 0 aromatic heterocycles. The van der Waals surface area contributed by atoms with E-state index in [1.165, 1.54) is 12.1 Å². The molecule has 1 amide bonds. The number of carbonyl (C=O) groups excluding carboxylic acids is 1. The quantitative estimate of drug-likeness (QED) is 0.868. The van der Waals surface area contributed by atoms with E-state index in [0.29, 0.717) is 18.5 Å². The number of rotatable bonds is 4. The third-order valence-electron chi connectivity index (χ3n) is 2.40. The maximum absolute atomic E-state index is 12.5. The summed E-state index contributed by atoms with van der Waals surface area (Å²) in [6.45, 7) is 3.82. The predicted octanol–water partition coefficient (Wildman–Crippen LogP) is 2.63. The van der Waals surface area contributed by atoms with E-state index in [9.17, 15) is 22.5 Å². The summed E-state index contributed by atoms with van der Waals surface area (Å²) >= 11 is -3.12. The molecule has 0 saturated heterocycles. The molecule has 106 valence electrons. The molecular formula is C12H14F3NO2S. The van der Waals surface area contributed by atoms with Gasteiger partial charge < -0.3 is 9.87 Å². The average molecular weight is 293 g/mol. The Labute approximate surface area is 112 Å². The smallest absolute Gasteiger partial charge is 0.578 e. The molecule has 3 nitrogen and oxygen atoms in total. The van der Waals surface area contributed by atoms with Crippen LogP contribution >= 0.6 is 0 Å². The number of aryl methyl sites for hydroxylation is 1. The van der Waals surface area contributed by atoms with Crippen LogP contribution in [0.3, 0.4) is 0 Å². The van der Waals surface area contributed by atoms with Crippen molar-refractivity contribution in [2.24, 2.45) is 0 Å². The number of nitrogens with one attached hydrogen (secondary N) is 1. The normalized spacial score (nSPS) is 13.2. The molecule has 0 fully saturated rings. The SMILES string of the molecule is CCNC(=O)c1cc(CC)cc([S+]([O-])C(F)(F)F)c1. The van der Waals surface area contributed by atoms with E-state index >= 15 is 0 Å². The van der Waals surface area contributed by atoms with Crippen LogP contribution in [0, 0.1) is 0 Å². The van der Waals surface area contributed by atoms with Crippen molar-refractivity contribution in [3.05, 3.63) is 29.3 Å². The Bertz CT molecular complexity index is 463. The highest BCUT2D eigenvalue weighted by atomic mass is 32.2. The number of alkyl halides is 3. The van der Waals surface area contributed by atoms with Gasteiger partial charge in [0.25, 0.3) is 5.91 Å². The predicted molar refractivity (Wildman–Crippen MR) is 66.3 cm³/mol. The fraction of sp³-hybridized carbons (Fsp3) is 0.417. The third-order valence-corrected chi connectivity index (χ3v) is 3.48. The number of hydrogen-bond donors (Lipinski definition) is 1. The van der Waals surface area contributed by atoms with E-state index in [1.807, 2.05) is 0 Å². The summed E-state index contributed by atoms with van der Waals surface area (Å²) in [7, 11) is 0. The van der Waals surface area contributed by atoms with Crippen molar-refractivity contribution in [1.29, 1.82) is 0 Å². The van der Waals surface area contributed by atoms with E-state index in [2.05, 4.69) is 5.32 Å². The maximum atomic E-state index is 12.5. The van der Waals surface area contributed by atoms with Gasteiger partial charge in [0.15, 0.2) is 4.90 Å². The first-order valence-electron chi connectivity index (χ1n) is 5.70. The fourth-order valence-electron chi connectivity index (χ4n) is 1.50. The zero-order valence-electron chi connectivity index (χ0n) is 10.5. The largest absolute Gasteiger partial charge is 0.604 e. The molecule has 1 aromatic carbocycles. The van der Waals surface area contributed by atoms with Crippen LogP contribution in [0.25, 0.3) is 0 Å². The Morgan fingerprint density at radius 3 is 2.42 bits per heavy atom. The van der Waals surface area contributed by atoms with Crippen molar-refractivity contribution in [3.8, 4) is 0 Å². The highest BCUT2D eigenvalue weighted by molar-refractivity contribution is 7.92. The standard InChI is InChI=1S/C12H14F3NO2S/c1-3-8-5-9(11(17)16-4-2)7-10(6-8)19(18)12(13,14)15/h5-7H,3-4H2,1-2H3,(H,16,17). The van der Waals surface area contributed by atoms with Crippen molar-refractivity contribution >= 4 is 17.1 Å². The van der Waals surface area contributed by atoms with Gasteiger partial charge in [0, 0.05) is 18.2 Å². The lowest BCUT2D eigenvalue weighted by Gasteiger charge is -2.14. The zero-order chi connectivity index (χ0) is 14.6. The molecule has 0 aliphatic carbocycles. The van der Waals surface area contributed by atoms with Gasteiger partial charge in [0.05, 0.1) is 11.2 Å². The summed E-state index contributed by atoms with van der Waals surface area (Å²) in [4.78, 5) is 11.3. The summed E-state index contributed by atoms with van der Waals surface area (Å²) in [5, 5.41) is 2.50. The Morgan fingerprint density at radius 1 is 1.32 bits per heavy atom. The lowest BCUT2D eigenvalue weighted by Crippen LogP contribution is -2.26. The number of carbonyl (C=O) groups is 1. The Balaban J connectivity index is 3.19. The molecule has 0 radical (unpaired) electrons. The molecule has 1 aromatic rings. The molecule has 0 spiro atoms. The van der Waals surface area contributed by atoms with Crippen LogP contribution in [0.4, 0.5) is 13.2 Å². The molecule has 7 heteroatoms. The van der Waals surface area contributed by atoms with Crippen LogP contribution in [0.15, 0.2) is 23.1 Å². The molecule has 1 unspecified atom stereocenters. The van der Waals surface area contributed by atoms with Gasteiger partial charge in [-0.15, -0.1) is 13.2 Å². The highest BCUT2D eigenvalue weighted by Crippen LogP contribution is 2.31. The summed E-state index contributed by atoms with van der Waals surface area (Å²) in [5.74, 6) is -0.474. The van der Waals surface area contributed by atoms with E-state index in [0.717, 1.165) is 6.07 Å². The van der Waals surface area contributed by atoms with Gasteiger partial charge in [-0.3, -0.25) is 4.79 Å². The van der Waals surface area contributed by atoms with Crippen molar-refractivity contribution in [2.75, 3.05) is 6.54 Å². The fourth-order valence-corrected chi connectivity index (χ4v) is 2.26. The summed E-state index contributed by atoms with van der Waals surface area (Å²) in [5.41, 5.74) is -4.20. The molecule has 19 heavy (non-hydrogen) atoms. The maximum Gasteiger partial charge on any atom is 0.578 e. The Kier molecular flexibility index (Phi) is 5.25. The molecule has 1 N–H and O–H groups in total. The van der Waals surface area contributed by atoms with Crippen LogP contribution in [0.5, 0.6) is 0 Å². The highest BCUT2D eigenvalue weighted by Gasteiger charge is 2.46. The van der Waals surface area contributed by atoms with Crippen molar-refractivity contribution in [3.63, 3.8) is 0 Å². The number of hydrogen-bond acceptors (Lipinski definition) is 2. The summed E-state index contributed by atoms with van der Waals surface area (Å²) < 4.78 is 48.7. The van der Waals surface area contributed by atoms with Crippen LogP contribution in [0.2, 0.25) is 0 Å². The lowest BCUT2D eigenvalue weighted by atomic mass is 10.1. The second-order valence-corrected chi connectivity index (χ2v) is 5.26. The first-order chi connectivity index (χ1) is 8.79. The molecule has 0 heterocycles. The van der Waals surface area contributed by atoms with E-state index in [-0.39, 0.29) is 5.56 Å². The number of halogens is 3. The van der Waals surface area contributed by atoms with Gasteiger partial charge in [-0.2, -0.15) is 0 Å². The third kappa shape index (κ3) is 4.14. The minimum atomic E-state index is -4.83. The lowest BCUT2D eigenvalue weighted by molar-refractivity contribution is -0.0435. The monoisotopic (exact) mass is 293 g/mol. The molecular weight excluding hydrogens is 279 g/mol. The Hall–Kier alpha value is -1.21. The summed E-state index contributed by atoms with van der Waals surface area (Å²) in [6.07, 6.45) is 0.454. The first-order valence-corrected chi connectivity index (χ1v) is 6.85. The van der Waals surface area contributed by atoms with Crippen LogP contribution in [-0.2, 0) is 17.6 Å². The van der Waals surface area contributed by atoms with Crippen molar-refractivity contribution < 1.29 is 22.5 Å². The zero-order valence-corrected chi connectivity index (χ0v) is 11.3. The van der Waals surface area contributed by atoms with Crippen LogP contribution < -0.4 is 5.32 Å². The van der Waals surface area contributed by atoms with E-state index in [1.54, 1.807) is 13.8 Å². The van der Waals surface area contributed by atoms with E-state index in [4.69, 9.17) is 0 Å². The molecule has 1 atom stereocenters. The van der Waals surface area contributed by atoms with Gasteiger partial charge in [-0.05, 0) is 31.0 Å². The molecule has 0 saturated carbocycles. The van der Waals surface area contributed by atoms with Gasteiger partial charge in [-0.25, -0.2) is 0 Å². The van der Waals surface area contributed by atoms with E-state index < -0.39 is 27.5 Å². The first kappa shape index (κ1) is 15.8. The second-order valence-electron chi connectivity index (χ2n) is 3.79. The summed E-state index contributed by atoms with van der Waals surface area (Å²) in [6, 6.07) is 3.74. The molecule has 0 aliphatic rings. The van der Waals surface area contributed by atoms with Crippen LogP contribution in [0.1, 0.15) is 29.8 Å². The van der Waals surface area contributed by atoms with Crippen molar-refractivity contribution in [2.45, 2.75) is 30.7 Å². The number of amides is 1. The van der Waals surface area contributed by atoms with Crippen molar-refractivity contribution in [1.82, 2.24) is 5.32 Å². The topological polar surface area (TPSA) is 52.2 Å². The van der Waals surface area contributed by atoms with Gasteiger partial charge >= 0.3 is 5.51 Å². The van der Waals surface area contributed by atoms with Gasteiger partial charge in [0.2, 0.25) is 0 Å². The molecule has 1 rings (SSSR count). The number of benzene rings is 1.